The van der Waals surface area contributed by atoms with Crippen LogP contribution in [0.15, 0.2) is 67.0 Å². The van der Waals surface area contributed by atoms with E-state index in [1.807, 2.05) is 30.3 Å². The Morgan fingerprint density at radius 3 is 2.42 bits per heavy atom. The fourth-order valence-corrected chi connectivity index (χ4v) is 3.41. The first-order valence-corrected chi connectivity index (χ1v) is 10.3. The van der Waals surface area contributed by atoms with Crippen LogP contribution in [0.4, 0.5) is 5.69 Å². The Morgan fingerprint density at radius 2 is 1.68 bits per heavy atom. The molecule has 1 saturated heterocycles. The monoisotopic (exact) mass is 416 g/mol. The number of amides is 2. The number of hydrogen-bond donors (Lipinski definition) is 2. The minimum absolute atomic E-state index is 0.0971. The van der Waals surface area contributed by atoms with Gasteiger partial charge in [-0.3, -0.25) is 14.6 Å². The molecule has 2 N–H and O–H groups in total. The summed E-state index contributed by atoms with van der Waals surface area (Å²) in [4.78, 5) is 33.5. The van der Waals surface area contributed by atoms with Gasteiger partial charge in [0.05, 0.1) is 18.1 Å². The maximum atomic E-state index is 12.5. The third kappa shape index (κ3) is 5.52. The van der Waals surface area contributed by atoms with Crippen LogP contribution in [0.5, 0.6) is 0 Å². The predicted octanol–water partition coefficient (Wildman–Crippen LogP) is 3.55. The Bertz CT molecular complexity index is 1030. The van der Waals surface area contributed by atoms with Crippen molar-refractivity contribution < 1.29 is 14.3 Å². The normalized spacial score (nSPS) is 14.1. The Morgan fingerprint density at radius 1 is 0.935 bits per heavy atom. The molecule has 0 spiro atoms. The number of para-hydroxylation sites is 1. The highest BCUT2D eigenvalue weighted by atomic mass is 16.5. The molecule has 7 heteroatoms. The SMILES string of the molecule is O=C(NCC1CCOCC1)c1ccc(-c2cncc(C(=O)Nc3ccccc3)n2)cc1. The van der Waals surface area contributed by atoms with E-state index in [1.165, 1.54) is 6.20 Å². The molecule has 0 atom stereocenters. The van der Waals surface area contributed by atoms with Crippen LogP contribution < -0.4 is 10.6 Å². The van der Waals surface area contributed by atoms with Gasteiger partial charge in [-0.2, -0.15) is 0 Å². The molecular formula is C24H24N4O3. The van der Waals surface area contributed by atoms with Crippen molar-refractivity contribution in [2.45, 2.75) is 12.8 Å². The zero-order chi connectivity index (χ0) is 21.5. The van der Waals surface area contributed by atoms with Gasteiger partial charge < -0.3 is 15.4 Å². The van der Waals surface area contributed by atoms with Gasteiger partial charge in [0.2, 0.25) is 0 Å². The van der Waals surface area contributed by atoms with Crippen LogP contribution in [-0.2, 0) is 4.74 Å². The van der Waals surface area contributed by atoms with Crippen LogP contribution in [0.25, 0.3) is 11.3 Å². The minimum Gasteiger partial charge on any atom is -0.381 e. The highest BCUT2D eigenvalue weighted by Gasteiger charge is 2.15. The van der Waals surface area contributed by atoms with Crippen LogP contribution in [0.1, 0.15) is 33.7 Å². The summed E-state index contributed by atoms with van der Waals surface area (Å²) in [6, 6.07) is 16.3. The summed E-state index contributed by atoms with van der Waals surface area (Å²) in [5, 5.41) is 5.80. The smallest absolute Gasteiger partial charge is 0.275 e. The van der Waals surface area contributed by atoms with Crippen molar-refractivity contribution in [3.05, 3.63) is 78.2 Å². The molecule has 2 amide bonds. The van der Waals surface area contributed by atoms with Crippen molar-refractivity contribution in [3.63, 3.8) is 0 Å². The number of carbonyl (C=O) groups is 2. The Hall–Kier alpha value is -3.58. The number of hydrogen-bond acceptors (Lipinski definition) is 5. The third-order valence-electron chi connectivity index (χ3n) is 5.23. The molecule has 2 aromatic carbocycles. The van der Waals surface area contributed by atoms with Crippen LogP contribution >= 0.6 is 0 Å². The molecule has 31 heavy (non-hydrogen) atoms. The number of aromatic nitrogens is 2. The molecule has 0 unspecified atom stereocenters. The lowest BCUT2D eigenvalue weighted by Gasteiger charge is -2.22. The molecule has 1 fully saturated rings. The van der Waals surface area contributed by atoms with E-state index >= 15 is 0 Å². The van der Waals surface area contributed by atoms with E-state index in [-0.39, 0.29) is 17.5 Å². The van der Waals surface area contributed by atoms with Crippen molar-refractivity contribution in [2.24, 2.45) is 5.92 Å². The zero-order valence-corrected chi connectivity index (χ0v) is 17.1. The van der Waals surface area contributed by atoms with E-state index in [0.29, 0.717) is 29.4 Å². The second-order valence-electron chi connectivity index (χ2n) is 7.45. The van der Waals surface area contributed by atoms with E-state index in [4.69, 9.17) is 4.74 Å². The van der Waals surface area contributed by atoms with Crippen LogP contribution in [-0.4, -0.2) is 41.5 Å². The average Bonchev–Trinajstić information content (AvgIpc) is 2.84. The molecule has 1 aliphatic rings. The molecule has 1 aromatic heterocycles. The van der Waals surface area contributed by atoms with Crippen LogP contribution in [0.3, 0.4) is 0 Å². The van der Waals surface area contributed by atoms with E-state index in [2.05, 4.69) is 20.6 Å². The molecule has 0 saturated carbocycles. The first-order valence-electron chi connectivity index (χ1n) is 10.3. The third-order valence-corrected chi connectivity index (χ3v) is 5.23. The standard InChI is InChI=1S/C24H24N4O3/c29-23(26-14-17-10-12-31-13-11-17)19-8-6-18(7-9-19)21-15-25-16-22(28-21)24(30)27-20-4-2-1-3-5-20/h1-9,15-17H,10-14H2,(H,26,29)(H,27,30). The van der Waals surface area contributed by atoms with Gasteiger partial charge in [-0.25, -0.2) is 4.98 Å². The maximum absolute atomic E-state index is 12.5. The lowest BCUT2D eigenvalue weighted by atomic mass is 10.0. The number of anilines is 1. The predicted molar refractivity (Wildman–Crippen MR) is 118 cm³/mol. The second-order valence-corrected chi connectivity index (χ2v) is 7.45. The van der Waals surface area contributed by atoms with Gasteiger partial charge in [-0.15, -0.1) is 0 Å². The summed E-state index contributed by atoms with van der Waals surface area (Å²) in [5.41, 5.74) is 2.84. The fraction of sp³-hybridized carbons (Fsp3) is 0.250. The maximum Gasteiger partial charge on any atom is 0.275 e. The highest BCUT2D eigenvalue weighted by molar-refractivity contribution is 6.03. The summed E-state index contributed by atoms with van der Waals surface area (Å²) >= 11 is 0. The first-order chi connectivity index (χ1) is 15.2. The summed E-state index contributed by atoms with van der Waals surface area (Å²) < 4.78 is 5.35. The molecule has 0 radical (unpaired) electrons. The number of rotatable bonds is 6. The number of benzene rings is 2. The molecule has 3 aromatic rings. The molecule has 7 nitrogen and oxygen atoms in total. The van der Waals surface area contributed by atoms with Crippen molar-refractivity contribution >= 4 is 17.5 Å². The minimum atomic E-state index is -0.329. The number of nitrogens with one attached hydrogen (secondary N) is 2. The Kier molecular flexibility index (Phi) is 6.64. The highest BCUT2D eigenvalue weighted by Crippen LogP contribution is 2.18. The lowest BCUT2D eigenvalue weighted by Crippen LogP contribution is -2.32. The molecule has 2 heterocycles. The van der Waals surface area contributed by atoms with Gasteiger partial charge in [-0.1, -0.05) is 30.3 Å². The van der Waals surface area contributed by atoms with Gasteiger partial charge in [0.25, 0.3) is 11.8 Å². The van der Waals surface area contributed by atoms with Crippen molar-refractivity contribution in [1.29, 1.82) is 0 Å². The summed E-state index contributed by atoms with van der Waals surface area (Å²) in [7, 11) is 0. The Labute approximate surface area is 180 Å². The zero-order valence-electron chi connectivity index (χ0n) is 17.1. The second kappa shape index (κ2) is 9.95. The first kappa shape index (κ1) is 20.7. The van der Waals surface area contributed by atoms with Crippen molar-refractivity contribution in [1.82, 2.24) is 15.3 Å². The summed E-state index contributed by atoms with van der Waals surface area (Å²) in [6.45, 7) is 2.19. The summed E-state index contributed by atoms with van der Waals surface area (Å²) in [6.07, 6.45) is 4.98. The van der Waals surface area contributed by atoms with Crippen molar-refractivity contribution in [3.8, 4) is 11.3 Å². The van der Waals surface area contributed by atoms with E-state index < -0.39 is 0 Å². The lowest BCUT2D eigenvalue weighted by molar-refractivity contribution is 0.0642. The quantitative estimate of drug-likeness (QED) is 0.641. The van der Waals surface area contributed by atoms with Crippen LogP contribution in [0, 0.1) is 5.92 Å². The van der Waals surface area contributed by atoms with E-state index in [0.717, 1.165) is 31.6 Å². The van der Waals surface area contributed by atoms with Crippen molar-refractivity contribution in [2.75, 3.05) is 25.1 Å². The van der Waals surface area contributed by atoms with E-state index in [1.54, 1.807) is 30.5 Å². The van der Waals surface area contributed by atoms with E-state index in [9.17, 15) is 9.59 Å². The van der Waals surface area contributed by atoms with Gasteiger partial charge in [0.15, 0.2) is 0 Å². The number of carbonyl (C=O) groups excluding carboxylic acids is 2. The van der Waals surface area contributed by atoms with Gasteiger partial charge in [0.1, 0.15) is 5.69 Å². The molecular weight excluding hydrogens is 392 g/mol. The number of nitrogens with zero attached hydrogens (tertiary/aromatic N) is 2. The molecule has 4 rings (SSSR count). The topological polar surface area (TPSA) is 93.2 Å². The molecule has 0 aliphatic carbocycles. The largest absolute Gasteiger partial charge is 0.381 e. The van der Waals surface area contributed by atoms with Gasteiger partial charge >= 0.3 is 0 Å². The fourth-order valence-electron chi connectivity index (χ4n) is 3.41. The molecule has 0 bridgehead atoms. The molecule has 1 aliphatic heterocycles. The number of ether oxygens (including phenoxy) is 1. The Balaban J connectivity index is 1.40. The molecule has 158 valence electrons. The summed E-state index contributed by atoms with van der Waals surface area (Å²) in [5.74, 6) is 0.0433. The average molecular weight is 416 g/mol. The van der Waals surface area contributed by atoms with Gasteiger partial charge in [-0.05, 0) is 43.0 Å². The van der Waals surface area contributed by atoms with Crippen LogP contribution in [0.2, 0.25) is 0 Å². The van der Waals surface area contributed by atoms with Gasteiger partial charge in [0, 0.05) is 36.6 Å².